The van der Waals surface area contributed by atoms with E-state index in [-0.39, 0.29) is 17.9 Å². The highest BCUT2D eigenvalue weighted by atomic mass is 16.5. The Balaban J connectivity index is 1.72. The Labute approximate surface area is 156 Å². The maximum absolute atomic E-state index is 12.5. The minimum atomic E-state index is -0.941. The van der Waals surface area contributed by atoms with Crippen molar-refractivity contribution in [3.05, 3.63) is 75.8 Å². The third kappa shape index (κ3) is 3.95. The van der Waals surface area contributed by atoms with Crippen LogP contribution in [0.2, 0.25) is 0 Å². The summed E-state index contributed by atoms with van der Waals surface area (Å²) in [7, 11) is 0. The molecule has 1 heterocycles. The minimum absolute atomic E-state index is 0.282. The molecule has 0 N–H and O–H groups in total. The van der Waals surface area contributed by atoms with E-state index in [4.69, 9.17) is 4.74 Å². The van der Waals surface area contributed by atoms with E-state index in [9.17, 15) is 14.4 Å². The van der Waals surface area contributed by atoms with Crippen molar-refractivity contribution in [1.29, 1.82) is 0 Å². The number of Topliss-reactive ketones (excluding diaryl/α,β-unsaturated/α-hetero) is 1. The van der Waals surface area contributed by atoms with Crippen molar-refractivity contribution in [3.8, 4) is 0 Å². The summed E-state index contributed by atoms with van der Waals surface area (Å²) in [4.78, 5) is 41.3. The van der Waals surface area contributed by atoms with E-state index in [1.165, 1.54) is 17.8 Å². The molecule has 0 saturated carbocycles. The molecule has 0 radical (unpaired) electrons. The van der Waals surface area contributed by atoms with Gasteiger partial charge in [-0.25, -0.2) is 4.98 Å². The summed E-state index contributed by atoms with van der Waals surface area (Å²) >= 11 is 0. The van der Waals surface area contributed by atoms with Crippen molar-refractivity contribution in [1.82, 2.24) is 9.55 Å². The van der Waals surface area contributed by atoms with Crippen molar-refractivity contribution in [2.24, 2.45) is 0 Å². The van der Waals surface area contributed by atoms with Gasteiger partial charge in [0.05, 0.1) is 17.2 Å². The van der Waals surface area contributed by atoms with Gasteiger partial charge in [0.15, 0.2) is 6.10 Å². The smallest absolute Gasteiger partial charge is 0.326 e. The van der Waals surface area contributed by atoms with Crippen LogP contribution in [-0.4, -0.2) is 27.4 Å². The van der Waals surface area contributed by atoms with E-state index < -0.39 is 12.1 Å². The molecule has 138 valence electrons. The highest BCUT2D eigenvalue weighted by Gasteiger charge is 2.20. The first-order chi connectivity index (χ1) is 12.9. The maximum Gasteiger partial charge on any atom is 0.326 e. The summed E-state index contributed by atoms with van der Waals surface area (Å²) in [6.07, 6.45) is 0.366. The van der Waals surface area contributed by atoms with Gasteiger partial charge in [0.25, 0.3) is 5.56 Å². The number of ether oxygens (including phenoxy) is 1. The number of aryl methyl sites for hydroxylation is 2. The zero-order valence-corrected chi connectivity index (χ0v) is 15.4. The van der Waals surface area contributed by atoms with Gasteiger partial charge in [-0.3, -0.25) is 19.0 Å². The molecular formula is C21H20N2O4. The average molecular weight is 364 g/mol. The lowest BCUT2D eigenvalue weighted by molar-refractivity contribution is -0.147. The molecule has 0 aliphatic carbocycles. The molecule has 0 aliphatic heterocycles. The predicted octanol–water partition coefficient (Wildman–Crippen LogP) is 2.83. The lowest BCUT2D eigenvalue weighted by Crippen LogP contribution is -2.30. The molecule has 6 nitrogen and oxygen atoms in total. The van der Waals surface area contributed by atoms with Gasteiger partial charge in [-0.2, -0.15) is 0 Å². The second kappa shape index (κ2) is 7.53. The van der Waals surface area contributed by atoms with Gasteiger partial charge in [0, 0.05) is 5.56 Å². The Morgan fingerprint density at radius 3 is 2.59 bits per heavy atom. The standard InChI is InChI=1S/C21H20N2O4/c1-13-8-9-16(10-14(13)2)20(25)15(3)27-19(24)11-23-12-22-18-7-5-4-6-17(18)21(23)26/h4-10,12,15H,11H2,1-3H3. The van der Waals surface area contributed by atoms with Gasteiger partial charge in [-0.1, -0.05) is 24.3 Å². The molecule has 1 aromatic heterocycles. The lowest BCUT2D eigenvalue weighted by Gasteiger charge is -2.14. The van der Waals surface area contributed by atoms with Crippen LogP contribution in [0.25, 0.3) is 10.9 Å². The average Bonchev–Trinajstić information content (AvgIpc) is 2.65. The fraction of sp³-hybridized carbons (Fsp3) is 0.238. The highest BCUT2D eigenvalue weighted by molar-refractivity contribution is 6.00. The number of hydrogen-bond donors (Lipinski definition) is 0. The third-order valence-corrected chi connectivity index (χ3v) is 4.50. The maximum atomic E-state index is 12.5. The number of para-hydroxylation sites is 1. The zero-order valence-electron chi connectivity index (χ0n) is 15.4. The summed E-state index contributed by atoms with van der Waals surface area (Å²) in [5, 5.41) is 0.423. The molecule has 0 bridgehead atoms. The van der Waals surface area contributed by atoms with Crippen molar-refractivity contribution < 1.29 is 14.3 Å². The molecule has 0 spiro atoms. The Hall–Kier alpha value is -3.28. The molecule has 6 heteroatoms. The van der Waals surface area contributed by atoms with Crippen LogP contribution in [0, 0.1) is 13.8 Å². The van der Waals surface area contributed by atoms with E-state index in [1.807, 2.05) is 19.9 Å². The Morgan fingerprint density at radius 1 is 1.11 bits per heavy atom. The first kappa shape index (κ1) is 18.5. The van der Waals surface area contributed by atoms with E-state index in [1.54, 1.807) is 36.4 Å². The first-order valence-corrected chi connectivity index (χ1v) is 8.62. The number of esters is 1. The van der Waals surface area contributed by atoms with Crippen LogP contribution in [0.4, 0.5) is 0 Å². The molecular weight excluding hydrogens is 344 g/mol. The Morgan fingerprint density at radius 2 is 1.85 bits per heavy atom. The molecule has 0 aliphatic rings. The van der Waals surface area contributed by atoms with Crippen LogP contribution in [-0.2, 0) is 16.1 Å². The summed E-state index contributed by atoms with van der Waals surface area (Å²) in [5.74, 6) is -0.950. The molecule has 2 aromatic carbocycles. The largest absolute Gasteiger partial charge is 0.453 e. The number of fused-ring (bicyclic) bond motifs is 1. The van der Waals surface area contributed by atoms with Crippen LogP contribution in [0.1, 0.15) is 28.4 Å². The van der Waals surface area contributed by atoms with E-state index >= 15 is 0 Å². The SMILES string of the molecule is Cc1ccc(C(=O)C(C)OC(=O)Cn2cnc3ccccc3c2=O)cc1C. The quantitative estimate of drug-likeness (QED) is 0.514. The van der Waals surface area contributed by atoms with Crippen LogP contribution < -0.4 is 5.56 Å². The van der Waals surface area contributed by atoms with Crippen molar-refractivity contribution >= 4 is 22.7 Å². The van der Waals surface area contributed by atoms with E-state index in [0.717, 1.165) is 11.1 Å². The van der Waals surface area contributed by atoms with Gasteiger partial charge in [-0.05, 0) is 50.1 Å². The number of nitrogens with zero attached hydrogens (tertiary/aromatic N) is 2. The third-order valence-electron chi connectivity index (χ3n) is 4.50. The molecule has 0 saturated heterocycles. The monoisotopic (exact) mass is 364 g/mol. The van der Waals surface area contributed by atoms with Crippen molar-refractivity contribution in [2.75, 3.05) is 0 Å². The first-order valence-electron chi connectivity index (χ1n) is 8.62. The predicted molar refractivity (Wildman–Crippen MR) is 102 cm³/mol. The second-order valence-electron chi connectivity index (χ2n) is 6.49. The van der Waals surface area contributed by atoms with Crippen LogP contribution in [0.15, 0.2) is 53.6 Å². The summed E-state index contributed by atoms with van der Waals surface area (Å²) in [6.45, 7) is 5.10. The molecule has 0 fully saturated rings. The minimum Gasteiger partial charge on any atom is -0.453 e. The molecule has 3 rings (SSSR count). The number of rotatable bonds is 5. The van der Waals surface area contributed by atoms with E-state index in [2.05, 4.69) is 4.98 Å². The number of benzene rings is 2. The topological polar surface area (TPSA) is 78.3 Å². The number of carbonyl (C=O) groups excluding carboxylic acids is 2. The molecule has 27 heavy (non-hydrogen) atoms. The van der Waals surface area contributed by atoms with Crippen LogP contribution in [0.5, 0.6) is 0 Å². The number of ketones is 1. The molecule has 1 unspecified atom stereocenters. The van der Waals surface area contributed by atoms with Gasteiger partial charge >= 0.3 is 5.97 Å². The Bertz CT molecular complexity index is 1080. The second-order valence-corrected chi connectivity index (χ2v) is 6.49. The number of aromatic nitrogens is 2. The van der Waals surface area contributed by atoms with Gasteiger partial charge in [0.1, 0.15) is 6.54 Å². The summed E-state index contributed by atoms with van der Waals surface area (Å²) < 4.78 is 6.41. The molecule has 3 aromatic rings. The zero-order chi connectivity index (χ0) is 19.6. The van der Waals surface area contributed by atoms with Crippen molar-refractivity contribution in [2.45, 2.75) is 33.4 Å². The van der Waals surface area contributed by atoms with Crippen LogP contribution in [0.3, 0.4) is 0 Å². The van der Waals surface area contributed by atoms with Crippen LogP contribution >= 0.6 is 0 Å². The summed E-state index contributed by atoms with van der Waals surface area (Å²) in [5.41, 5.74) is 2.80. The number of hydrogen-bond acceptors (Lipinski definition) is 5. The fourth-order valence-corrected chi connectivity index (χ4v) is 2.78. The van der Waals surface area contributed by atoms with Gasteiger partial charge in [0.2, 0.25) is 5.78 Å². The highest BCUT2D eigenvalue weighted by Crippen LogP contribution is 2.13. The van der Waals surface area contributed by atoms with Gasteiger partial charge in [-0.15, -0.1) is 0 Å². The van der Waals surface area contributed by atoms with Crippen molar-refractivity contribution in [3.63, 3.8) is 0 Å². The van der Waals surface area contributed by atoms with E-state index in [0.29, 0.717) is 16.5 Å². The Kier molecular flexibility index (Phi) is 5.16. The normalized spacial score (nSPS) is 12.0. The van der Waals surface area contributed by atoms with Gasteiger partial charge < -0.3 is 4.74 Å². The fourth-order valence-electron chi connectivity index (χ4n) is 2.78. The number of carbonyl (C=O) groups is 2. The summed E-state index contributed by atoms with van der Waals surface area (Å²) in [6, 6.07) is 12.2. The molecule has 1 atom stereocenters. The lowest BCUT2D eigenvalue weighted by atomic mass is 10.0. The molecule has 0 amide bonds.